The van der Waals surface area contributed by atoms with Crippen molar-refractivity contribution in [2.45, 2.75) is 20.3 Å². The van der Waals surface area contributed by atoms with Gasteiger partial charge in [0.15, 0.2) is 11.5 Å². The average molecular weight is 352 g/mol. The van der Waals surface area contributed by atoms with Crippen molar-refractivity contribution in [3.8, 4) is 17.2 Å². The topological polar surface area (TPSA) is 80.3 Å². The van der Waals surface area contributed by atoms with Crippen molar-refractivity contribution in [2.24, 2.45) is 0 Å². The number of hydrogen-bond donors (Lipinski definition) is 0. The molecule has 0 heterocycles. The third-order valence-electron chi connectivity index (χ3n) is 3.21. The second kappa shape index (κ2) is 10.2. The van der Waals surface area contributed by atoms with E-state index in [1.54, 1.807) is 32.1 Å². The molecule has 1 aromatic rings. The second-order valence-electron chi connectivity index (χ2n) is 4.83. The second-order valence-corrected chi connectivity index (χ2v) is 4.83. The van der Waals surface area contributed by atoms with Crippen LogP contribution in [-0.4, -0.2) is 46.5 Å². The van der Waals surface area contributed by atoms with Crippen molar-refractivity contribution in [2.75, 3.05) is 34.5 Å². The first-order valence-electron chi connectivity index (χ1n) is 7.83. The maximum Gasteiger partial charge on any atom is 0.334 e. The predicted octanol–water partition coefficient (Wildman–Crippen LogP) is 2.61. The van der Waals surface area contributed by atoms with Crippen LogP contribution in [0, 0.1) is 0 Å². The maximum atomic E-state index is 12.1. The standard InChI is InChI=1S/C18H24O7/c1-6-24-16(19)11-13(18(20)25-7-2)8-12-9-14(21-3)17(23-5)15(10-12)22-4/h8-10H,6-7,11H2,1-5H3/b13-8-. The van der Waals surface area contributed by atoms with Gasteiger partial charge in [-0.05, 0) is 37.6 Å². The van der Waals surface area contributed by atoms with Crippen LogP contribution in [0.25, 0.3) is 6.08 Å². The number of benzene rings is 1. The molecular formula is C18H24O7. The van der Waals surface area contributed by atoms with E-state index in [1.807, 2.05) is 0 Å². The lowest BCUT2D eigenvalue weighted by Crippen LogP contribution is -2.13. The summed E-state index contributed by atoms with van der Waals surface area (Å²) < 4.78 is 25.8. The molecule has 0 aliphatic carbocycles. The molecular weight excluding hydrogens is 328 g/mol. The number of hydrogen-bond acceptors (Lipinski definition) is 7. The third kappa shape index (κ3) is 5.70. The van der Waals surface area contributed by atoms with Gasteiger partial charge in [-0.3, -0.25) is 4.79 Å². The average Bonchev–Trinajstić information content (AvgIpc) is 2.60. The molecule has 0 unspecified atom stereocenters. The monoisotopic (exact) mass is 352 g/mol. The first-order valence-corrected chi connectivity index (χ1v) is 7.83. The lowest BCUT2D eigenvalue weighted by molar-refractivity contribution is -0.145. The molecule has 1 aromatic carbocycles. The molecule has 25 heavy (non-hydrogen) atoms. The first-order chi connectivity index (χ1) is 12.0. The zero-order valence-electron chi connectivity index (χ0n) is 15.2. The SMILES string of the molecule is CCOC(=O)C/C(=C/c1cc(OC)c(OC)c(OC)c1)C(=O)OCC. The summed E-state index contributed by atoms with van der Waals surface area (Å²) in [5.74, 6) is 0.226. The van der Waals surface area contributed by atoms with Gasteiger partial charge in [0.1, 0.15) is 0 Å². The molecule has 7 nitrogen and oxygen atoms in total. The van der Waals surface area contributed by atoms with E-state index >= 15 is 0 Å². The molecule has 7 heteroatoms. The minimum Gasteiger partial charge on any atom is -0.493 e. The Morgan fingerprint density at radius 3 is 1.92 bits per heavy atom. The summed E-state index contributed by atoms with van der Waals surface area (Å²) in [7, 11) is 4.49. The molecule has 0 N–H and O–H groups in total. The highest BCUT2D eigenvalue weighted by molar-refractivity contribution is 5.98. The van der Waals surface area contributed by atoms with Crippen LogP contribution in [0.2, 0.25) is 0 Å². The Morgan fingerprint density at radius 1 is 0.920 bits per heavy atom. The number of methoxy groups -OCH3 is 3. The summed E-state index contributed by atoms with van der Waals surface area (Å²) >= 11 is 0. The van der Waals surface area contributed by atoms with Crippen LogP contribution in [0.4, 0.5) is 0 Å². The van der Waals surface area contributed by atoms with Crippen LogP contribution < -0.4 is 14.2 Å². The lowest BCUT2D eigenvalue weighted by atomic mass is 10.1. The van der Waals surface area contributed by atoms with E-state index < -0.39 is 11.9 Å². The van der Waals surface area contributed by atoms with E-state index in [1.165, 1.54) is 21.3 Å². The van der Waals surface area contributed by atoms with Gasteiger partial charge in [0.25, 0.3) is 0 Å². The molecule has 138 valence electrons. The van der Waals surface area contributed by atoms with Crippen LogP contribution in [0.15, 0.2) is 17.7 Å². The van der Waals surface area contributed by atoms with Gasteiger partial charge in [0, 0.05) is 5.57 Å². The Morgan fingerprint density at radius 2 is 1.48 bits per heavy atom. The number of carbonyl (C=O) groups is 2. The van der Waals surface area contributed by atoms with Crippen molar-refractivity contribution in [1.82, 2.24) is 0 Å². The van der Waals surface area contributed by atoms with E-state index in [9.17, 15) is 9.59 Å². The fraction of sp³-hybridized carbons (Fsp3) is 0.444. The Kier molecular flexibility index (Phi) is 8.32. The minimum atomic E-state index is -0.579. The van der Waals surface area contributed by atoms with Crippen LogP contribution in [-0.2, 0) is 19.1 Å². The normalized spacial score (nSPS) is 10.8. The molecule has 0 aromatic heterocycles. The van der Waals surface area contributed by atoms with E-state index in [4.69, 9.17) is 23.7 Å². The third-order valence-corrected chi connectivity index (χ3v) is 3.21. The van der Waals surface area contributed by atoms with Crippen molar-refractivity contribution >= 4 is 18.0 Å². The molecule has 0 saturated carbocycles. The van der Waals surface area contributed by atoms with Gasteiger partial charge in [-0.15, -0.1) is 0 Å². The van der Waals surface area contributed by atoms with Crippen molar-refractivity contribution < 1.29 is 33.3 Å². The van der Waals surface area contributed by atoms with Crippen LogP contribution in [0.3, 0.4) is 0 Å². The highest BCUT2D eigenvalue weighted by Gasteiger charge is 2.18. The smallest absolute Gasteiger partial charge is 0.334 e. The lowest BCUT2D eigenvalue weighted by Gasteiger charge is -2.13. The largest absolute Gasteiger partial charge is 0.493 e. The quantitative estimate of drug-likeness (QED) is 0.499. The van der Waals surface area contributed by atoms with Crippen molar-refractivity contribution in [3.05, 3.63) is 23.3 Å². The zero-order chi connectivity index (χ0) is 18.8. The fourth-order valence-corrected chi connectivity index (χ4v) is 2.16. The molecule has 0 bridgehead atoms. The fourth-order valence-electron chi connectivity index (χ4n) is 2.16. The zero-order valence-corrected chi connectivity index (χ0v) is 15.2. The summed E-state index contributed by atoms with van der Waals surface area (Å²) in [6.07, 6.45) is 1.35. The molecule has 0 fully saturated rings. The van der Waals surface area contributed by atoms with Crippen LogP contribution in [0.5, 0.6) is 17.2 Å². The number of rotatable bonds is 9. The van der Waals surface area contributed by atoms with Gasteiger partial charge in [-0.25, -0.2) is 4.79 Å². The van der Waals surface area contributed by atoms with E-state index in [2.05, 4.69) is 0 Å². The van der Waals surface area contributed by atoms with E-state index in [0.29, 0.717) is 22.8 Å². The van der Waals surface area contributed by atoms with Gasteiger partial charge in [-0.2, -0.15) is 0 Å². The van der Waals surface area contributed by atoms with Gasteiger partial charge in [0.2, 0.25) is 5.75 Å². The molecule has 0 saturated heterocycles. The van der Waals surface area contributed by atoms with Crippen molar-refractivity contribution in [3.63, 3.8) is 0 Å². The van der Waals surface area contributed by atoms with Gasteiger partial charge >= 0.3 is 11.9 Å². The summed E-state index contributed by atoms with van der Waals surface area (Å²) in [6.45, 7) is 3.83. The van der Waals surface area contributed by atoms with Crippen LogP contribution >= 0.6 is 0 Å². The minimum absolute atomic E-state index is 0.176. The highest BCUT2D eigenvalue weighted by atomic mass is 16.5. The first kappa shape index (κ1) is 20.3. The molecule has 0 amide bonds. The van der Waals surface area contributed by atoms with Gasteiger partial charge in [0.05, 0.1) is 41.0 Å². The Labute approximate surface area is 147 Å². The van der Waals surface area contributed by atoms with E-state index in [-0.39, 0.29) is 25.2 Å². The predicted molar refractivity (Wildman–Crippen MR) is 92.0 cm³/mol. The summed E-state index contributed by atoms with van der Waals surface area (Å²) in [5, 5.41) is 0. The molecule has 1 rings (SSSR count). The number of esters is 2. The molecule has 0 radical (unpaired) electrons. The molecule has 0 atom stereocenters. The molecule has 0 spiro atoms. The summed E-state index contributed by atoms with van der Waals surface area (Å²) in [4.78, 5) is 23.9. The van der Waals surface area contributed by atoms with Gasteiger partial charge in [-0.1, -0.05) is 0 Å². The molecule has 0 aliphatic heterocycles. The summed E-state index contributed by atoms with van der Waals surface area (Å²) in [6, 6.07) is 3.34. The van der Waals surface area contributed by atoms with Crippen LogP contribution in [0.1, 0.15) is 25.8 Å². The number of ether oxygens (including phenoxy) is 5. The molecule has 0 aliphatic rings. The Balaban J connectivity index is 3.30. The van der Waals surface area contributed by atoms with Crippen molar-refractivity contribution in [1.29, 1.82) is 0 Å². The number of carbonyl (C=O) groups excluding carboxylic acids is 2. The maximum absolute atomic E-state index is 12.1. The van der Waals surface area contributed by atoms with E-state index in [0.717, 1.165) is 0 Å². The Bertz CT molecular complexity index is 609. The Hall–Kier alpha value is -2.70. The highest BCUT2D eigenvalue weighted by Crippen LogP contribution is 2.38. The van der Waals surface area contributed by atoms with Gasteiger partial charge < -0.3 is 23.7 Å². The summed E-state index contributed by atoms with van der Waals surface area (Å²) in [5.41, 5.74) is 0.774.